The van der Waals surface area contributed by atoms with Gasteiger partial charge < -0.3 is 9.73 Å². The fourth-order valence-corrected chi connectivity index (χ4v) is 2.52. The molecule has 1 heterocycles. The van der Waals surface area contributed by atoms with E-state index in [4.69, 9.17) is 4.42 Å². The van der Waals surface area contributed by atoms with Crippen molar-refractivity contribution in [2.24, 2.45) is 0 Å². The van der Waals surface area contributed by atoms with E-state index in [-0.39, 0.29) is 16.7 Å². The van der Waals surface area contributed by atoms with Crippen molar-refractivity contribution in [2.45, 2.75) is 17.2 Å². The van der Waals surface area contributed by atoms with Crippen molar-refractivity contribution < 1.29 is 22.4 Å². The molecule has 0 fully saturated rings. The number of anilines is 1. The van der Waals surface area contributed by atoms with Crippen molar-refractivity contribution in [3.63, 3.8) is 0 Å². The van der Waals surface area contributed by atoms with Crippen LogP contribution in [0.15, 0.2) is 33.9 Å². The molecule has 2 rings (SSSR count). The molecule has 5 nitrogen and oxygen atoms in total. The summed E-state index contributed by atoms with van der Waals surface area (Å²) in [5, 5.41) is 10.2. The zero-order chi connectivity index (χ0) is 16.9. The summed E-state index contributed by atoms with van der Waals surface area (Å²) in [6.07, 6.45) is -2.56. The number of benzene rings is 1. The number of alkyl halides is 3. The van der Waals surface area contributed by atoms with E-state index in [1.165, 1.54) is 23.9 Å². The third kappa shape index (κ3) is 5.47. The van der Waals surface area contributed by atoms with Gasteiger partial charge in [0.25, 0.3) is 5.22 Å². The minimum atomic E-state index is -4.45. The molecule has 0 bridgehead atoms. The maximum atomic E-state index is 12.6. The Labute approximate surface area is 138 Å². The van der Waals surface area contributed by atoms with Crippen molar-refractivity contribution in [3.8, 4) is 0 Å². The molecule has 0 aliphatic rings. The number of hydrogen-bond acceptors (Lipinski definition) is 6. The highest BCUT2D eigenvalue weighted by atomic mass is 32.2. The largest absolute Gasteiger partial charge is 0.416 e. The number of amides is 1. The molecule has 10 heteroatoms. The van der Waals surface area contributed by atoms with E-state index >= 15 is 0 Å². The average Bonchev–Trinajstić information content (AvgIpc) is 2.93. The minimum absolute atomic E-state index is 0.0445. The fourth-order valence-electron chi connectivity index (χ4n) is 1.58. The number of hydrogen-bond donors (Lipinski definition) is 1. The molecule has 0 saturated heterocycles. The van der Waals surface area contributed by atoms with Crippen LogP contribution in [0.3, 0.4) is 0 Å². The summed E-state index contributed by atoms with van der Waals surface area (Å²) in [6, 6.07) is 4.45. The third-order valence-electron chi connectivity index (χ3n) is 2.52. The molecule has 0 atom stereocenters. The van der Waals surface area contributed by atoms with Crippen molar-refractivity contribution in [1.82, 2.24) is 10.2 Å². The molecule has 1 aromatic carbocycles. The van der Waals surface area contributed by atoms with E-state index in [1.54, 1.807) is 0 Å². The summed E-state index contributed by atoms with van der Waals surface area (Å²) in [5.41, 5.74) is -0.736. The molecule has 2 aromatic rings. The number of aromatic nitrogens is 2. The van der Waals surface area contributed by atoms with E-state index in [0.29, 0.717) is 11.6 Å². The van der Waals surface area contributed by atoms with Gasteiger partial charge in [0.2, 0.25) is 11.8 Å². The lowest BCUT2D eigenvalue weighted by molar-refractivity contribution is -0.137. The number of nitrogens with one attached hydrogen (secondary N) is 1. The summed E-state index contributed by atoms with van der Waals surface area (Å²) in [4.78, 5) is 11.8. The SMILES string of the molecule is CSCc1nnc(SCC(=O)Nc2cccc(C(F)(F)F)c2)o1. The molecule has 0 aliphatic carbocycles. The van der Waals surface area contributed by atoms with Crippen LogP contribution in [0.1, 0.15) is 11.5 Å². The Balaban J connectivity index is 1.89. The molecule has 1 amide bonds. The first-order valence-electron chi connectivity index (χ1n) is 6.29. The van der Waals surface area contributed by atoms with Gasteiger partial charge in [-0.15, -0.1) is 10.2 Å². The summed E-state index contributed by atoms with van der Waals surface area (Å²) in [5.74, 6) is 0.526. The quantitative estimate of drug-likeness (QED) is 0.790. The van der Waals surface area contributed by atoms with Crippen LogP contribution in [0.4, 0.5) is 18.9 Å². The molecular weight excluding hydrogens is 351 g/mol. The number of nitrogens with zero attached hydrogens (tertiary/aromatic N) is 2. The zero-order valence-corrected chi connectivity index (χ0v) is 13.5. The number of carbonyl (C=O) groups excluding carboxylic acids is 1. The molecule has 0 radical (unpaired) electrons. The maximum Gasteiger partial charge on any atom is 0.416 e. The number of carbonyl (C=O) groups is 1. The van der Waals surface area contributed by atoms with Crippen LogP contribution in [-0.2, 0) is 16.7 Å². The van der Waals surface area contributed by atoms with E-state index in [2.05, 4.69) is 15.5 Å². The lowest BCUT2D eigenvalue weighted by atomic mass is 10.2. The number of thioether (sulfide) groups is 2. The van der Waals surface area contributed by atoms with Crippen LogP contribution in [0.2, 0.25) is 0 Å². The molecular formula is C13H12F3N3O2S2. The monoisotopic (exact) mass is 363 g/mol. The second-order valence-corrected chi connectivity index (χ2v) is 6.10. The lowest BCUT2D eigenvalue weighted by Gasteiger charge is -2.09. The van der Waals surface area contributed by atoms with Gasteiger partial charge in [0.1, 0.15) is 0 Å². The van der Waals surface area contributed by atoms with E-state index in [0.717, 1.165) is 23.9 Å². The number of rotatable bonds is 6. The van der Waals surface area contributed by atoms with Crippen LogP contribution < -0.4 is 5.32 Å². The molecule has 0 aliphatic heterocycles. The average molecular weight is 363 g/mol. The van der Waals surface area contributed by atoms with Gasteiger partial charge in [-0.25, -0.2) is 0 Å². The Morgan fingerprint density at radius 2 is 2.13 bits per heavy atom. The molecule has 124 valence electrons. The van der Waals surface area contributed by atoms with E-state index in [1.807, 2.05) is 6.26 Å². The first kappa shape index (κ1) is 17.7. The second kappa shape index (κ2) is 7.73. The molecule has 1 aromatic heterocycles. The molecule has 1 N–H and O–H groups in total. The zero-order valence-electron chi connectivity index (χ0n) is 11.9. The van der Waals surface area contributed by atoms with E-state index < -0.39 is 17.6 Å². The predicted octanol–water partition coefficient (Wildman–Crippen LogP) is 3.68. The lowest BCUT2D eigenvalue weighted by Crippen LogP contribution is -2.15. The molecule has 0 saturated carbocycles. The first-order valence-corrected chi connectivity index (χ1v) is 8.67. The van der Waals surface area contributed by atoms with Gasteiger partial charge in [-0.1, -0.05) is 17.8 Å². The Bertz CT molecular complexity index is 676. The summed E-state index contributed by atoms with van der Waals surface area (Å²) in [6.45, 7) is 0. The van der Waals surface area contributed by atoms with Crippen LogP contribution in [0.25, 0.3) is 0 Å². The summed E-state index contributed by atoms with van der Waals surface area (Å²) in [7, 11) is 0. The van der Waals surface area contributed by atoms with E-state index in [9.17, 15) is 18.0 Å². The van der Waals surface area contributed by atoms with Crippen LogP contribution in [0.5, 0.6) is 0 Å². The van der Waals surface area contributed by atoms with Gasteiger partial charge in [0, 0.05) is 5.69 Å². The maximum absolute atomic E-state index is 12.6. The number of halogens is 3. The summed E-state index contributed by atoms with van der Waals surface area (Å²) < 4.78 is 43.1. The predicted molar refractivity (Wildman–Crippen MR) is 82.3 cm³/mol. The van der Waals surface area contributed by atoms with Gasteiger partial charge in [0.15, 0.2) is 0 Å². The van der Waals surface area contributed by atoms with Gasteiger partial charge >= 0.3 is 6.18 Å². The van der Waals surface area contributed by atoms with Crippen molar-refractivity contribution in [3.05, 3.63) is 35.7 Å². The van der Waals surface area contributed by atoms with Gasteiger partial charge in [-0.2, -0.15) is 24.9 Å². The normalized spacial score (nSPS) is 11.5. The van der Waals surface area contributed by atoms with Crippen LogP contribution in [0, 0.1) is 0 Å². The van der Waals surface area contributed by atoms with Gasteiger partial charge in [-0.3, -0.25) is 4.79 Å². The molecule has 0 spiro atoms. The Hall–Kier alpha value is -1.68. The smallest absolute Gasteiger partial charge is 0.415 e. The van der Waals surface area contributed by atoms with Gasteiger partial charge in [0.05, 0.1) is 17.1 Å². The Morgan fingerprint density at radius 1 is 1.35 bits per heavy atom. The second-order valence-electron chi connectivity index (χ2n) is 4.31. The highest BCUT2D eigenvalue weighted by molar-refractivity contribution is 7.99. The Morgan fingerprint density at radius 3 is 2.83 bits per heavy atom. The Kier molecular flexibility index (Phi) is 5.94. The topological polar surface area (TPSA) is 68.0 Å². The highest BCUT2D eigenvalue weighted by Crippen LogP contribution is 2.30. The van der Waals surface area contributed by atoms with Crippen molar-refractivity contribution in [1.29, 1.82) is 0 Å². The molecule has 0 unspecified atom stereocenters. The summed E-state index contributed by atoms with van der Waals surface area (Å²) >= 11 is 2.54. The third-order valence-corrected chi connectivity index (χ3v) is 3.87. The van der Waals surface area contributed by atoms with Crippen molar-refractivity contribution >= 4 is 35.1 Å². The van der Waals surface area contributed by atoms with Crippen molar-refractivity contribution in [2.75, 3.05) is 17.3 Å². The fraction of sp³-hybridized carbons (Fsp3) is 0.308. The van der Waals surface area contributed by atoms with Gasteiger partial charge in [-0.05, 0) is 24.5 Å². The van der Waals surface area contributed by atoms with Crippen LogP contribution >= 0.6 is 23.5 Å². The first-order chi connectivity index (χ1) is 10.9. The minimum Gasteiger partial charge on any atom is -0.415 e. The standard InChI is InChI=1S/C13H12F3N3O2S2/c1-22-7-11-18-19-12(21-11)23-6-10(20)17-9-4-2-3-8(5-9)13(14,15)16/h2-5H,6-7H2,1H3,(H,17,20). The molecule has 23 heavy (non-hydrogen) atoms. The highest BCUT2D eigenvalue weighted by Gasteiger charge is 2.30. The van der Waals surface area contributed by atoms with Crippen LogP contribution in [-0.4, -0.2) is 28.1 Å².